The summed E-state index contributed by atoms with van der Waals surface area (Å²) in [6, 6.07) is 0.558. The van der Waals surface area contributed by atoms with Gasteiger partial charge in [0, 0.05) is 17.3 Å². The van der Waals surface area contributed by atoms with Crippen molar-refractivity contribution < 1.29 is 0 Å². The average molecular weight is 222 g/mol. The van der Waals surface area contributed by atoms with Crippen molar-refractivity contribution in [3.05, 3.63) is 23.9 Å². The van der Waals surface area contributed by atoms with Gasteiger partial charge in [0.1, 0.15) is 0 Å². The van der Waals surface area contributed by atoms with E-state index in [1.807, 2.05) is 0 Å². The van der Waals surface area contributed by atoms with E-state index in [4.69, 9.17) is 5.73 Å². The van der Waals surface area contributed by atoms with E-state index >= 15 is 0 Å². The summed E-state index contributed by atoms with van der Waals surface area (Å²) in [6.45, 7) is 6.62. The van der Waals surface area contributed by atoms with Crippen molar-refractivity contribution in [2.45, 2.75) is 64.5 Å². The summed E-state index contributed by atoms with van der Waals surface area (Å²) < 4.78 is 0. The van der Waals surface area contributed by atoms with E-state index in [-0.39, 0.29) is 5.54 Å². The maximum atomic E-state index is 6.17. The van der Waals surface area contributed by atoms with Gasteiger partial charge in [0.15, 0.2) is 0 Å². The second-order valence-electron chi connectivity index (χ2n) is 4.97. The van der Waals surface area contributed by atoms with Crippen LogP contribution in [0.5, 0.6) is 0 Å². The number of nitrogens with two attached hydrogens (primary N) is 1. The van der Waals surface area contributed by atoms with Crippen molar-refractivity contribution in [3.8, 4) is 0 Å². The van der Waals surface area contributed by atoms with Crippen molar-refractivity contribution in [1.82, 2.24) is 5.32 Å². The maximum Gasteiger partial charge on any atom is 0.0376 e. The smallest absolute Gasteiger partial charge is 0.0376 e. The number of rotatable bonds is 6. The molecule has 0 spiro atoms. The second kappa shape index (κ2) is 6.09. The number of nitrogens with one attached hydrogen (secondary N) is 1. The summed E-state index contributed by atoms with van der Waals surface area (Å²) in [6.07, 6.45) is 12.2. The lowest BCUT2D eigenvalue weighted by Gasteiger charge is -2.27. The molecule has 0 aromatic heterocycles. The molecule has 0 saturated carbocycles. The molecule has 16 heavy (non-hydrogen) atoms. The van der Waals surface area contributed by atoms with E-state index in [9.17, 15) is 0 Å². The summed E-state index contributed by atoms with van der Waals surface area (Å²) in [5, 5.41) is 3.53. The highest BCUT2D eigenvalue weighted by Gasteiger charge is 2.20. The molecule has 2 atom stereocenters. The first-order valence-corrected chi connectivity index (χ1v) is 6.54. The monoisotopic (exact) mass is 222 g/mol. The molecule has 3 N–H and O–H groups in total. The highest BCUT2D eigenvalue weighted by atomic mass is 14.9. The van der Waals surface area contributed by atoms with E-state index in [1.54, 1.807) is 0 Å². The van der Waals surface area contributed by atoms with Gasteiger partial charge in [-0.25, -0.2) is 0 Å². The van der Waals surface area contributed by atoms with E-state index in [1.165, 1.54) is 25.0 Å². The fraction of sp³-hybridized carbons (Fsp3) is 0.714. The molecular weight excluding hydrogens is 196 g/mol. The Bertz CT molecular complexity index is 268. The third-order valence-corrected chi connectivity index (χ3v) is 3.36. The molecule has 0 heterocycles. The third kappa shape index (κ3) is 4.01. The minimum Gasteiger partial charge on any atom is -0.383 e. The van der Waals surface area contributed by atoms with Gasteiger partial charge in [0.25, 0.3) is 0 Å². The summed E-state index contributed by atoms with van der Waals surface area (Å²) in [4.78, 5) is 0. The Balaban J connectivity index is 2.38. The standard InChI is InChI=1S/C14H26N2/c1-4-6-7-12(3)16-13-8-10-14(15,5-2)11-9-13/h8-10,12,16H,4-7,11,15H2,1-3H3. The van der Waals surface area contributed by atoms with Crippen molar-refractivity contribution in [2.24, 2.45) is 5.73 Å². The predicted octanol–water partition coefficient (Wildman–Crippen LogP) is 3.11. The fourth-order valence-electron chi connectivity index (χ4n) is 1.93. The molecule has 1 aliphatic rings. The van der Waals surface area contributed by atoms with Gasteiger partial charge in [0.05, 0.1) is 0 Å². The van der Waals surface area contributed by atoms with Crippen LogP contribution in [-0.2, 0) is 0 Å². The SMILES string of the molecule is CCCCC(C)NC1=CCC(N)(CC)C=C1. The largest absolute Gasteiger partial charge is 0.383 e. The van der Waals surface area contributed by atoms with E-state index in [0.717, 1.165) is 12.8 Å². The van der Waals surface area contributed by atoms with Crippen LogP contribution < -0.4 is 11.1 Å². The van der Waals surface area contributed by atoms with E-state index in [2.05, 4.69) is 44.3 Å². The van der Waals surface area contributed by atoms with Crippen molar-refractivity contribution in [3.63, 3.8) is 0 Å². The quantitative estimate of drug-likeness (QED) is 0.724. The molecule has 0 bridgehead atoms. The van der Waals surface area contributed by atoms with Crippen LogP contribution in [0.3, 0.4) is 0 Å². The lowest BCUT2D eigenvalue weighted by atomic mass is 9.89. The zero-order chi connectivity index (χ0) is 12.0. The van der Waals surface area contributed by atoms with Gasteiger partial charge in [-0.05, 0) is 32.3 Å². The van der Waals surface area contributed by atoms with Gasteiger partial charge in [-0.3, -0.25) is 0 Å². The van der Waals surface area contributed by atoms with Gasteiger partial charge >= 0.3 is 0 Å². The Labute approximate surface area is 100.0 Å². The molecule has 0 saturated heterocycles. The van der Waals surface area contributed by atoms with Crippen molar-refractivity contribution in [1.29, 1.82) is 0 Å². The van der Waals surface area contributed by atoms with Crippen LogP contribution in [0.25, 0.3) is 0 Å². The first-order chi connectivity index (χ1) is 7.59. The Morgan fingerprint density at radius 2 is 2.25 bits per heavy atom. The van der Waals surface area contributed by atoms with Crippen LogP contribution in [0.15, 0.2) is 23.9 Å². The zero-order valence-electron chi connectivity index (χ0n) is 10.9. The minimum atomic E-state index is -0.113. The Hall–Kier alpha value is -0.760. The highest BCUT2D eigenvalue weighted by molar-refractivity contribution is 5.27. The highest BCUT2D eigenvalue weighted by Crippen LogP contribution is 2.20. The fourth-order valence-corrected chi connectivity index (χ4v) is 1.93. The third-order valence-electron chi connectivity index (χ3n) is 3.36. The van der Waals surface area contributed by atoms with Gasteiger partial charge < -0.3 is 11.1 Å². The van der Waals surface area contributed by atoms with E-state index in [0.29, 0.717) is 6.04 Å². The Kier molecular flexibility index (Phi) is 5.07. The average Bonchev–Trinajstić information content (AvgIpc) is 2.30. The normalized spacial score (nSPS) is 26.4. The van der Waals surface area contributed by atoms with Crippen LogP contribution in [0, 0.1) is 0 Å². The summed E-state index contributed by atoms with van der Waals surface area (Å²) in [7, 11) is 0. The van der Waals surface area contributed by atoms with E-state index < -0.39 is 0 Å². The first-order valence-electron chi connectivity index (χ1n) is 6.54. The minimum absolute atomic E-state index is 0.113. The molecular formula is C14H26N2. The van der Waals surface area contributed by atoms with Crippen LogP contribution >= 0.6 is 0 Å². The molecule has 0 amide bonds. The summed E-state index contributed by atoms with van der Waals surface area (Å²) in [5.41, 5.74) is 7.29. The lowest BCUT2D eigenvalue weighted by Crippen LogP contribution is -2.38. The molecule has 0 radical (unpaired) electrons. The van der Waals surface area contributed by atoms with Crippen LogP contribution in [0.1, 0.15) is 52.9 Å². The Morgan fingerprint density at radius 3 is 2.75 bits per heavy atom. The number of allylic oxidation sites excluding steroid dienone is 1. The molecule has 2 nitrogen and oxygen atoms in total. The molecule has 92 valence electrons. The Morgan fingerprint density at radius 1 is 1.50 bits per heavy atom. The molecule has 2 heteroatoms. The second-order valence-corrected chi connectivity index (χ2v) is 4.97. The molecule has 0 fully saturated rings. The van der Waals surface area contributed by atoms with Gasteiger partial charge in [-0.15, -0.1) is 0 Å². The van der Waals surface area contributed by atoms with Crippen molar-refractivity contribution in [2.75, 3.05) is 0 Å². The van der Waals surface area contributed by atoms with Crippen LogP contribution in [0.4, 0.5) is 0 Å². The van der Waals surface area contributed by atoms with Gasteiger partial charge in [0.2, 0.25) is 0 Å². The number of hydrogen-bond donors (Lipinski definition) is 2. The van der Waals surface area contributed by atoms with Crippen LogP contribution in [-0.4, -0.2) is 11.6 Å². The molecule has 1 rings (SSSR count). The molecule has 1 aliphatic carbocycles. The van der Waals surface area contributed by atoms with Crippen LogP contribution in [0.2, 0.25) is 0 Å². The number of hydrogen-bond acceptors (Lipinski definition) is 2. The first kappa shape index (κ1) is 13.3. The van der Waals surface area contributed by atoms with Crippen molar-refractivity contribution >= 4 is 0 Å². The lowest BCUT2D eigenvalue weighted by molar-refractivity contribution is 0.497. The predicted molar refractivity (Wildman–Crippen MR) is 71.2 cm³/mol. The topological polar surface area (TPSA) is 38.0 Å². The zero-order valence-corrected chi connectivity index (χ0v) is 10.9. The summed E-state index contributed by atoms with van der Waals surface area (Å²) in [5.74, 6) is 0. The summed E-state index contributed by atoms with van der Waals surface area (Å²) >= 11 is 0. The molecule has 0 aromatic rings. The van der Waals surface area contributed by atoms with Gasteiger partial charge in [-0.1, -0.05) is 38.8 Å². The van der Waals surface area contributed by atoms with Gasteiger partial charge in [-0.2, -0.15) is 0 Å². The molecule has 0 aromatic carbocycles. The molecule has 2 unspecified atom stereocenters. The maximum absolute atomic E-state index is 6.17. The molecule has 0 aliphatic heterocycles. The number of unbranched alkanes of at least 4 members (excludes halogenated alkanes) is 1.